The number of aromatic nitrogens is 4. The number of carbonyl (C=O) groups excluding carboxylic acids is 1. The zero-order valence-corrected chi connectivity index (χ0v) is 25.3. The van der Waals surface area contributed by atoms with E-state index in [0.29, 0.717) is 46.3 Å². The zero-order chi connectivity index (χ0) is 32.4. The van der Waals surface area contributed by atoms with Gasteiger partial charge in [-0.2, -0.15) is 0 Å². The molecule has 1 saturated carbocycles. The molecule has 0 saturated heterocycles. The molecule has 2 heterocycles. The van der Waals surface area contributed by atoms with E-state index < -0.39 is 23.5 Å². The molecule has 5 aromatic rings. The third kappa shape index (κ3) is 6.21. The van der Waals surface area contributed by atoms with Gasteiger partial charge in [-0.25, -0.2) is 14.4 Å². The van der Waals surface area contributed by atoms with Gasteiger partial charge < -0.3 is 25.6 Å². The highest BCUT2D eigenvalue weighted by Gasteiger charge is 2.26. The van der Waals surface area contributed by atoms with E-state index >= 15 is 4.39 Å². The van der Waals surface area contributed by atoms with Crippen LogP contribution in [-0.2, 0) is 18.4 Å². The summed E-state index contributed by atoms with van der Waals surface area (Å²) in [6.07, 6.45) is 7.97. The van der Waals surface area contributed by atoms with Crippen molar-refractivity contribution in [2.24, 2.45) is 7.05 Å². The summed E-state index contributed by atoms with van der Waals surface area (Å²) in [4.78, 5) is 47.9. The minimum atomic E-state index is -0.628. The van der Waals surface area contributed by atoms with Crippen molar-refractivity contribution in [1.82, 2.24) is 24.4 Å². The first-order valence-electron chi connectivity index (χ1n) is 14.8. The number of anilines is 3. The number of nitrogens with zero attached hydrogens (tertiary/aromatic N) is 4. The van der Waals surface area contributed by atoms with Crippen LogP contribution >= 0.6 is 0 Å². The van der Waals surface area contributed by atoms with E-state index in [1.807, 2.05) is 0 Å². The molecule has 1 aliphatic rings. The van der Waals surface area contributed by atoms with Crippen LogP contribution in [-0.4, -0.2) is 43.7 Å². The molecule has 6 rings (SSSR count). The summed E-state index contributed by atoms with van der Waals surface area (Å²) in [7, 11) is 3.35. The number of aliphatic hydroxyl groups excluding tert-OH is 1. The number of likely N-dealkylation sites (N-methyl/N-ethyl adjacent to an activating group) is 1. The minimum Gasteiger partial charge on any atom is -0.392 e. The molecule has 0 spiro atoms. The molecule has 2 aromatic heterocycles. The van der Waals surface area contributed by atoms with Gasteiger partial charge in [0.05, 0.1) is 23.5 Å². The number of fused-ring (bicyclic) bond motifs is 1. The van der Waals surface area contributed by atoms with Gasteiger partial charge in [-0.3, -0.25) is 19.0 Å². The maximum Gasteiger partial charge on any atom is 0.293 e. The Morgan fingerprint density at radius 2 is 1.87 bits per heavy atom. The standard InChI is InChI=1S/C34H32FN7O4/c1-36-13-5-10-30(44)38-22-6-3-7-23(16-22)39-32-34(46)41(2)17-28(40-32)24-8-4-9-29(25(24)18-43)42-19-37-27-15-21(20-11-12-20)14-26(35)31(27)33(42)45/h3-10,14-17,19-20,36,43H,11-13,18H2,1-2H3,(H,38,44)(H,39,40)/b10-5+. The van der Waals surface area contributed by atoms with Gasteiger partial charge in [0.1, 0.15) is 17.5 Å². The van der Waals surface area contributed by atoms with Gasteiger partial charge in [0, 0.05) is 48.4 Å². The lowest BCUT2D eigenvalue weighted by molar-refractivity contribution is -0.111. The highest BCUT2D eigenvalue weighted by atomic mass is 19.1. The molecule has 0 radical (unpaired) electrons. The van der Waals surface area contributed by atoms with Crippen molar-refractivity contribution in [2.75, 3.05) is 24.2 Å². The van der Waals surface area contributed by atoms with Gasteiger partial charge in [0.15, 0.2) is 5.82 Å². The minimum absolute atomic E-state index is 0.00441. The summed E-state index contributed by atoms with van der Waals surface area (Å²) in [6, 6.07) is 15.0. The summed E-state index contributed by atoms with van der Waals surface area (Å²) < 4.78 is 17.8. The van der Waals surface area contributed by atoms with Gasteiger partial charge in [0.25, 0.3) is 11.1 Å². The number of aliphatic hydroxyl groups is 1. The van der Waals surface area contributed by atoms with Crippen molar-refractivity contribution < 1.29 is 14.3 Å². The number of hydrogen-bond donors (Lipinski definition) is 4. The lowest BCUT2D eigenvalue weighted by Crippen LogP contribution is -2.23. The van der Waals surface area contributed by atoms with E-state index in [-0.39, 0.29) is 22.6 Å². The number of benzene rings is 3. The van der Waals surface area contributed by atoms with Crippen LogP contribution in [0.15, 0.2) is 88.9 Å². The Morgan fingerprint density at radius 3 is 2.63 bits per heavy atom. The third-order valence-electron chi connectivity index (χ3n) is 7.79. The van der Waals surface area contributed by atoms with Crippen molar-refractivity contribution in [3.8, 4) is 16.9 Å². The van der Waals surface area contributed by atoms with Crippen LogP contribution < -0.4 is 27.1 Å². The topological polar surface area (TPSA) is 143 Å². The smallest absolute Gasteiger partial charge is 0.293 e. The number of carbonyl (C=O) groups is 1. The Kier molecular flexibility index (Phi) is 8.55. The van der Waals surface area contributed by atoms with Gasteiger partial charge >= 0.3 is 0 Å². The largest absolute Gasteiger partial charge is 0.392 e. The van der Waals surface area contributed by atoms with Crippen molar-refractivity contribution in [3.05, 3.63) is 117 Å². The SMILES string of the molecule is CNC/C=C/C(=O)Nc1cccc(Nc2nc(-c3cccc(-n4cnc5cc(C6CC6)cc(F)c5c4=O)c3CO)cn(C)c2=O)c1. The highest BCUT2D eigenvalue weighted by Crippen LogP contribution is 2.41. The Bertz CT molecular complexity index is 2120. The van der Waals surface area contributed by atoms with Crippen LogP contribution in [0.3, 0.4) is 0 Å². The van der Waals surface area contributed by atoms with Crippen molar-refractivity contribution in [1.29, 1.82) is 0 Å². The Morgan fingerprint density at radius 1 is 1.09 bits per heavy atom. The molecule has 4 N–H and O–H groups in total. The Hall–Kier alpha value is -5.46. The van der Waals surface area contributed by atoms with Crippen molar-refractivity contribution in [2.45, 2.75) is 25.4 Å². The predicted molar refractivity (Wildman–Crippen MR) is 175 cm³/mol. The van der Waals surface area contributed by atoms with Crippen molar-refractivity contribution in [3.63, 3.8) is 0 Å². The van der Waals surface area contributed by atoms with E-state index in [1.54, 1.807) is 68.7 Å². The summed E-state index contributed by atoms with van der Waals surface area (Å²) in [6.45, 7) is 0.0770. The maximum atomic E-state index is 15.2. The number of halogens is 1. The maximum absolute atomic E-state index is 15.2. The average Bonchev–Trinajstić information content (AvgIpc) is 3.89. The van der Waals surface area contributed by atoms with Gasteiger partial charge in [-0.15, -0.1) is 0 Å². The molecule has 234 valence electrons. The average molecular weight is 622 g/mol. The van der Waals surface area contributed by atoms with Gasteiger partial charge in [-0.1, -0.05) is 24.3 Å². The molecule has 3 aromatic carbocycles. The lowest BCUT2D eigenvalue weighted by atomic mass is 10.0. The number of hydrogen-bond acceptors (Lipinski definition) is 8. The van der Waals surface area contributed by atoms with E-state index in [2.05, 4.69) is 25.9 Å². The predicted octanol–water partition coefficient (Wildman–Crippen LogP) is 4.11. The fourth-order valence-corrected chi connectivity index (χ4v) is 5.35. The second kappa shape index (κ2) is 12.9. The number of amides is 1. The molecule has 1 fully saturated rings. The van der Waals surface area contributed by atoms with Gasteiger partial charge in [-0.05, 0) is 67.8 Å². The van der Waals surface area contributed by atoms with E-state index in [4.69, 9.17) is 0 Å². The summed E-state index contributed by atoms with van der Waals surface area (Å²) in [5.74, 6) is -0.622. The molecule has 0 bridgehead atoms. The van der Waals surface area contributed by atoms with Crippen LogP contribution in [0, 0.1) is 5.82 Å². The van der Waals surface area contributed by atoms with Crippen LogP contribution in [0.5, 0.6) is 0 Å². The summed E-state index contributed by atoms with van der Waals surface area (Å²) in [5, 5.41) is 19.1. The fourth-order valence-electron chi connectivity index (χ4n) is 5.35. The van der Waals surface area contributed by atoms with E-state index in [0.717, 1.165) is 18.4 Å². The van der Waals surface area contributed by atoms with Crippen LogP contribution in [0.1, 0.15) is 29.9 Å². The number of aryl methyl sites for hydroxylation is 1. The lowest BCUT2D eigenvalue weighted by Gasteiger charge is -2.16. The van der Waals surface area contributed by atoms with E-state index in [9.17, 15) is 19.5 Å². The van der Waals surface area contributed by atoms with Crippen LogP contribution in [0.2, 0.25) is 0 Å². The third-order valence-corrected chi connectivity index (χ3v) is 7.79. The number of nitrogens with one attached hydrogen (secondary N) is 3. The molecule has 1 amide bonds. The first kappa shape index (κ1) is 30.6. The molecular formula is C34H32FN7O4. The normalized spacial score (nSPS) is 13.0. The molecular weight excluding hydrogens is 589 g/mol. The molecule has 0 aliphatic heterocycles. The monoisotopic (exact) mass is 621 g/mol. The highest BCUT2D eigenvalue weighted by molar-refractivity contribution is 5.99. The second-order valence-electron chi connectivity index (χ2n) is 11.1. The van der Waals surface area contributed by atoms with Crippen molar-refractivity contribution >= 4 is 34.0 Å². The molecule has 11 nitrogen and oxygen atoms in total. The summed E-state index contributed by atoms with van der Waals surface area (Å²) >= 11 is 0. The first-order valence-corrected chi connectivity index (χ1v) is 14.8. The molecule has 46 heavy (non-hydrogen) atoms. The first-order chi connectivity index (χ1) is 22.3. The fraction of sp³-hybridized carbons (Fsp3) is 0.206. The quantitative estimate of drug-likeness (QED) is 0.171. The molecule has 0 atom stereocenters. The molecule has 0 unspecified atom stereocenters. The molecule has 12 heteroatoms. The summed E-state index contributed by atoms with van der Waals surface area (Å²) in [5.41, 5.74) is 2.60. The van der Waals surface area contributed by atoms with E-state index in [1.165, 1.54) is 33.8 Å². The number of rotatable bonds is 10. The van der Waals surface area contributed by atoms with Gasteiger partial charge in [0.2, 0.25) is 5.91 Å². The molecule has 1 aliphatic carbocycles. The zero-order valence-electron chi connectivity index (χ0n) is 25.3. The van der Waals surface area contributed by atoms with Crippen LogP contribution in [0.4, 0.5) is 21.6 Å². The van der Waals surface area contributed by atoms with Crippen LogP contribution in [0.25, 0.3) is 27.8 Å². The Balaban J connectivity index is 1.35. The Labute approximate surface area is 263 Å². The second-order valence-corrected chi connectivity index (χ2v) is 11.1.